The Balaban J connectivity index is 2.25. The van der Waals surface area contributed by atoms with Crippen LogP contribution in [0.4, 0.5) is 0 Å². The molecular formula is C13H21NO3Si. The molecule has 1 aromatic rings. The predicted molar refractivity (Wildman–Crippen MR) is 74.6 cm³/mol. The van der Waals surface area contributed by atoms with E-state index in [1.54, 1.807) is 24.3 Å². The van der Waals surface area contributed by atoms with Gasteiger partial charge in [0.1, 0.15) is 5.75 Å². The first-order valence-electron chi connectivity index (χ1n) is 5.99. The average Bonchev–Trinajstić information content (AvgIpc) is 2.27. The van der Waals surface area contributed by atoms with Crippen LogP contribution in [0.1, 0.15) is 10.4 Å². The van der Waals surface area contributed by atoms with Crippen molar-refractivity contribution in [1.82, 2.24) is 0 Å². The minimum Gasteiger partial charge on any atom is -0.468 e. The summed E-state index contributed by atoms with van der Waals surface area (Å²) in [6.45, 7) is 7.88. The second-order valence-electron chi connectivity index (χ2n) is 5.37. The fourth-order valence-electron chi connectivity index (χ4n) is 1.26. The predicted octanol–water partition coefficient (Wildman–Crippen LogP) is 2.48. The van der Waals surface area contributed by atoms with Crippen molar-refractivity contribution in [2.45, 2.75) is 25.7 Å². The number of amides is 1. The summed E-state index contributed by atoms with van der Waals surface area (Å²) in [5.74, 6) is 0.237. The van der Waals surface area contributed by atoms with Crippen molar-refractivity contribution in [3.8, 4) is 5.75 Å². The van der Waals surface area contributed by atoms with Crippen molar-refractivity contribution in [2.75, 3.05) is 13.4 Å². The molecule has 0 heterocycles. The molecule has 18 heavy (non-hydrogen) atoms. The summed E-state index contributed by atoms with van der Waals surface area (Å²) in [6, 6.07) is 7.82. The highest BCUT2D eigenvalue weighted by atomic mass is 28.3. The Kier molecular flexibility index (Phi) is 5.37. The van der Waals surface area contributed by atoms with Gasteiger partial charge in [-0.05, 0) is 30.3 Å². The Morgan fingerprint density at radius 1 is 1.22 bits per heavy atom. The highest BCUT2D eigenvalue weighted by Crippen LogP contribution is 2.12. The average molecular weight is 267 g/mol. The number of ether oxygens (including phenoxy) is 2. The van der Waals surface area contributed by atoms with Gasteiger partial charge in [0.15, 0.2) is 6.79 Å². The maximum absolute atomic E-state index is 10.9. The van der Waals surface area contributed by atoms with Crippen molar-refractivity contribution in [2.24, 2.45) is 5.73 Å². The lowest BCUT2D eigenvalue weighted by Crippen LogP contribution is -2.22. The van der Waals surface area contributed by atoms with Gasteiger partial charge in [-0.15, -0.1) is 0 Å². The lowest BCUT2D eigenvalue weighted by atomic mass is 10.2. The second kappa shape index (κ2) is 6.56. The zero-order chi connectivity index (χ0) is 13.6. The SMILES string of the molecule is C[Si](C)(C)CCOCOc1ccc(C(N)=O)cc1. The van der Waals surface area contributed by atoms with Gasteiger partial charge in [0, 0.05) is 20.2 Å². The number of rotatable bonds is 7. The molecule has 1 amide bonds. The number of carbonyl (C=O) groups excluding carboxylic acids is 1. The van der Waals surface area contributed by atoms with Crippen molar-refractivity contribution >= 4 is 14.0 Å². The summed E-state index contributed by atoms with van der Waals surface area (Å²) < 4.78 is 10.8. The summed E-state index contributed by atoms with van der Waals surface area (Å²) in [7, 11) is -1.04. The lowest BCUT2D eigenvalue weighted by molar-refractivity contribution is 0.0220. The maximum Gasteiger partial charge on any atom is 0.248 e. The largest absolute Gasteiger partial charge is 0.468 e. The third-order valence-electron chi connectivity index (χ3n) is 2.44. The summed E-state index contributed by atoms with van der Waals surface area (Å²) in [5, 5.41) is 0. The van der Waals surface area contributed by atoms with Crippen LogP contribution in [0.25, 0.3) is 0 Å². The molecule has 2 N–H and O–H groups in total. The van der Waals surface area contributed by atoms with E-state index in [4.69, 9.17) is 15.2 Å². The molecule has 0 atom stereocenters. The van der Waals surface area contributed by atoms with E-state index < -0.39 is 14.0 Å². The van der Waals surface area contributed by atoms with Crippen LogP contribution in [0.3, 0.4) is 0 Å². The topological polar surface area (TPSA) is 61.6 Å². The number of hydrogen-bond donors (Lipinski definition) is 1. The molecule has 5 heteroatoms. The fourth-order valence-corrected chi connectivity index (χ4v) is 2.02. The molecule has 100 valence electrons. The Hall–Kier alpha value is -1.33. The summed E-state index contributed by atoms with van der Waals surface area (Å²) in [6.07, 6.45) is 0. The van der Waals surface area contributed by atoms with Crippen molar-refractivity contribution < 1.29 is 14.3 Å². The van der Waals surface area contributed by atoms with E-state index in [0.29, 0.717) is 11.3 Å². The minimum atomic E-state index is -1.04. The minimum absolute atomic E-state index is 0.237. The van der Waals surface area contributed by atoms with Crippen LogP contribution in [-0.4, -0.2) is 27.4 Å². The number of hydrogen-bond acceptors (Lipinski definition) is 3. The molecule has 1 rings (SSSR count). The van der Waals surface area contributed by atoms with E-state index in [0.717, 1.165) is 12.7 Å². The molecular weight excluding hydrogens is 246 g/mol. The van der Waals surface area contributed by atoms with Gasteiger partial charge < -0.3 is 15.2 Å². The Labute approximate surface area is 109 Å². The normalized spacial score (nSPS) is 11.3. The first-order chi connectivity index (χ1) is 8.38. The first kappa shape index (κ1) is 14.7. The fraction of sp³-hybridized carbons (Fsp3) is 0.462. The van der Waals surface area contributed by atoms with Crippen molar-refractivity contribution in [1.29, 1.82) is 0 Å². The molecule has 4 nitrogen and oxygen atoms in total. The molecule has 0 aliphatic carbocycles. The quantitative estimate of drug-likeness (QED) is 0.469. The van der Waals surface area contributed by atoms with E-state index in [9.17, 15) is 4.79 Å². The molecule has 1 aromatic carbocycles. The van der Waals surface area contributed by atoms with Crippen molar-refractivity contribution in [3.63, 3.8) is 0 Å². The van der Waals surface area contributed by atoms with E-state index in [-0.39, 0.29) is 6.79 Å². The number of carbonyl (C=O) groups is 1. The highest BCUT2D eigenvalue weighted by molar-refractivity contribution is 6.76. The monoisotopic (exact) mass is 267 g/mol. The van der Waals surface area contributed by atoms with Gasteiger partial charge >= 0.3 is 0 Å². The Morgan fingerprint density at radius 3 is 2.33 bits per heavy atom. The molecule has 0 radical (unpaired) electrons. The van der Waals surface area contributed by atoms with E-state index in [2.05, 4.69) is 19.6 Å². The maximum atomic E-state index is 10.9. The van der Waals surface area contributed by atoms with Gasteiger partial charge in [-0.2, -0.15) is 0 Å². The van der Waals surface area contributed by atoms with Crippen LogP contribution in [0.2, 0.25) is 25.7 Å². The van der Waals surface area contributed by atoms with Gasteiger partial charge in [-0.25, -0.2) is 0 Å². The molecule has 0 fully saturated rings. The van der Waals surface area contributed by atoms with Crippen LogP contribution in [0.5, 0.6) is 5.75 Å². The Bertz CT molecular complexity index is 384. The highest BCUT2D eigenvalue weighted by Gasteiger charge is 2.11. The molecule has 0 spiro atoms. The number of primary amides is 1. The molecule has 0 saturated carbocycles. The van der Waals surface area contributed by atoms with Crippen LogP contribution in [-0.2, 0) is 4.74 Å². The second-order valence-corrected chi connectivity index (χ2v) is 11.0. The summed E-state index contributed by atoms with van der Waals surface area (Å²) >= 11 is 0. The molecule has 0 aliphatic rings. The molecule has 0 aromatic heterocycles. The van der Waals surface area contributed by atoms with E-state index in [1.807, 2.05) is 0 Å². The van der Waals surface area contributed by atoms with Crippen molar-refractivity contribution in [3.05, 3.63) is 29.8 Å². The van der Waals surface area contributed by atoms with Gasteiger partial charge in [-0.3, -0.25) is 4.79 Å². The number of nitrogens with two attached hydrogens (primary N) is 1. The van der Waals surface area contributed by atoms with Crippen LogP contribution in [0.15, 0.2) is 24.3 Å². The first-order valence-corrected chi connectivity index (χ1v) is 9.69. The van der Waals surface area contributed by atoms with Gasteiger partial charge in [0.2, 0.25) is 5.91 Å². The van der Waals surface area contributed by atoms with E-state index in [1.165, 1.54) is 0 Å². The van der Waals surface area contributed by atoms with Crippen LogP contribution < -0.4 is 10.5 Å². The van der Waals surface area contributed by atoms with E-state index >= 15 is 0 Å². The number of benzene rings is 1. The zero-order valence-corrected chi connectivity index (χ0v) is 12.2. The third kappa shape index (κ3) is 5.84. The zero-order valence-electron chi connectivity index (χ0n) is 11.2. The molecule has 0 bridgehead atoms. The van der Waals surface area contributed by atoms with Gasteiger partial charge in [-0.1, -0.05) is 19.6 Å². The Morgan fingerprint density at radius 2 is 1.83 bits per heavy atom. The van der Waals surface area contributed by atoms with Gasteiger partial charge in [0.25, 0.3) is 0 Å². The van der Waals surface area contributed by atoms with Gasteiger partial charge in [0.05, 0.1) is 0 Å². The smallest absolute Gasteiger partial charge is 0.248 e. The standard InChI is InChI=1S/C13H21NO3Si/c1-18(2,3)9-8-16-10-17-12-6-4-11(5-7-12)13(14)15/h4-7H,8-10H2,1-3H3,(H2,14,15). The van der Waals surface area contributed by atoms with Crippen LogP contribution >= 0.6 is 0 Å². The van der Waals surface area contributed by atoms with Crippen LogP contribution in [0, 0.1) is 0 Å². The summed E-state index contributed by atoms with van der Waals surface area (Å²) in [4.78, 5) is 10.9. The third-order valence-corrected chi connectivity index (χ3v) is 4.15. The molecule has 0 aliphatic heterocycles. The molecule has 0 unspecified atom stereocenters. The molecule has 0 saturated heterocycles. The summed E-state index contributed by atoms with van der Waals surface area (Å²) in [5.41, 5.74) is 5.62. The lowest BCUT2D eigenvalue weighted by Gasteiger charge is -2.15.